The van der Waals surface area contributed by atoms with Gasteiger partial charge in [-0.3, -0.25) is 4.98 Å². The van der Waals surface area contributed by atoms with Crippen LogP contribution in [0.2, 0.25) is 0 Å². The standard InChI is InChI=1S/C10H12BrN/c1-6-3-4-9-10(6)7(2)8(11)5-12-9/h5-6H,3-4H2,1-2H3. The molecule has 1 aliphatic carbocycles. The van der Waals surface area contributed by atoms with Crippen LogP contribution in [0.1, 0.15) is 36.1 Å². The van der Waals surface area contributed by atoms with Crippen molar-refractivity contribution < 1.29 is 0 Å². The minimum absolute atomic E-state index is 0.699. The molecule has 0 amide bonds. The minimum atomic E-state index is 0.699. The molecule has 0 saturated heterocycles. The van der Waals surface area contributed by atoms with E-state index >= 15 is 0 Å². The number of aromatic nitrogens is 1. The average molecular weight is 226 g/mol. The van der Waals surface area contributed by atoms with Crippen LogP contribution in [0.5, 0.6) is 0 Å². The van der Waals surface area contributed by atoms with Gasteiger partial charge >= 0.3 is 0 Å². The summed E-state index contributed by atoms with van der Waals surface area (Å²) in [6, 6.07) is 0. The van der Waals surface area contributed by atoms with Gasteiger partial charge in [0.2, 0.25) is 0 Å². The van der Waals surface area contributed by atoms with Crippen LogP contribution < -0.4 is 0 Å². The van der Waals surface area contributed by atoms with Crippen molar-refractivity contribution in [2.24, 2.45) is 0 Å². The lowest BCUT2D eigenvalue weighted by Gasteiger charge is -2.08. The molecule has 0 N–H and O–H groups in total. The van der Waals surface area contributed by atoms with Gasteiger partial charge < -0.3 is 0 Å². The molecule has 1 unspecified atom stereocenters. The molecule has 1 atom stereocenters. The van der Waals surface area contributed by atoms with Gasteiger partial charge in [-0.15, -0.1) is 0 Å². The van der Waals surface area contributed by atoms with E-state index < -0.39 is 0 Å². The zero-order valence-corrected chi connectivity index (χ0v) is 8.98. The van der Waals surface area contributed by atoms with Crippen LogP contribution in [0.4, 0.5) is 0 Å². The van der Waals surface area contributed by atoms with Crippen molar-refractivity contribution >= 4 is 15.9 Å². The predicted molar refractivity (Wildman–Crippen MR) is 53.4 cm³/mol. The van der Waals surface area contributed by atoms with E-state index in [1.165, 1.54) is 23.2 Å². The van der Waals surface area contributed by atoms with E-state index in [1.807, 2.05) is 6.20 Å². The fraction of sp³-hybridized carbons (Fsp3) is 0.500. The van der Waals surface area contributed by atoms with Gasteiger partial charge in [-0.1, -0.05) is 6.92 Å². The summed E-state index contributed by atoms with van der Waals surface area (Å²) in [5, 5.41) is 0. The van der Waals surface area contributed by atoms with Crippen LogP contribution >= 0.6 is 15.9 Å². The topological polar surface area (TPSA) is 12.9 Å². The maximum atomic E-state index is 4.42. The number of rotatable bonds is 0. The van der Waals surface area contributed by atoms with Crippen LogP contribution in [0.3, 0.4) is 0 Å². The van der Waals surface area contributed by atoms with Crippen molar-refractivity contribution in [1.82, 2.24) is 4.98 Å². The first-order chi connectivity index (χ1) is 5.70. The zero-order valence-electron chi connectivity index (χ0n) is 7.39. The normalized spacial score (nSPS) is 21.1. The van der Waals surface area contributed by atoms with Gasteiger partial charge in [0.15, 0.2) is 0 Å². The summed E-state index contributed by atoms with van der Waals surface area (Å²) in [4.78, 5) is 4.42. The first-order valence-electron chi connectivity index (χ1n) is 4.34. The van der Waals surface area contributed by atoms with Crippen molar-refractivity contribution in [3.05, 3.63) is 27.5 Å². The molecule has 2 heteroatoms. The summed E-state index contributed by atoms with van der Waals surface area (Å²) < 4.78 is 1.15. The third kappa shape index (κ3) is 1.09. The lowest BCUT2D eigenvalue weighted by atomic mass is 10.0. The number of nitrogens with zero attached hydrogens (tertiary/aromatic N) is 1. The number of hydrogen-bond acceptors (Lipinski definition) is 1. The van der Waals surface area contributed by atoms with Gasteiger partial charge in [-0.25, -0.2) is 0 Å². The maximum absolute atomic E-state index is 4.42. The lowest BCUT2D eigenvalue weighted by molar-refractivity contribution is 0.743. The Balaban J connectivity index is 2.63. The smallest absolute Gasteiger partial charge is 0.0441 e. The van der Waals surface area contributed by atoms with E-state index in [1.54, 1.807) is 0 Å². The zero-order chi connectivity index (χ0) is 8.72. The van der Waals surface area contributed by atoms with Crippen LogP contribution in [0, 0.1) is 6.92 Å². The fourth-order valence-electron chi connectivity index (χ4n) is 2.00. The molecule has 0 saturated carbocycles. The quantitative estimate of drug-likeness (QED) is 0.661. The molecular formula is C10H12BrN. The molecule has 1 aliphatic rings. The van der Waals surface area contributed by atoms with E-state index in [9.17, 15) is 0 Å². The van der Waals surface area contributed by atoms with Gasteiger partial charge in [-0.05, 0) is 52.7 Å². The fourth-order valence-corrected chi connectivity index (χ4v) is 2.31. The Bertz CT molecular complexity index is 320. The number of halogens is 1. The number of aryl methyl sites for hydroxylation is 1. The lowest BCUT2D eigenvalue weighted by Crippen LogP contribution is -1.94. The highest BCUT2D eigenvalue weighted by Gasteiger charge is 2.22. The Hall–Kier alpha value is -0.370. The Morgan fingerprint density at radius 3 is 3.08 bits per heavy atom. The summed E-state index contributed by atoms with van der Waals surface area (Å²) in [6.07, 6.45) is 4.34. The monoisotopic (exact) mass is 225 g/mol. The average Bonchev–Trinajstić information content (AvgIpc) is 2.41. The minimum Gasteiger partial charge on any atom is -0.260 e. The van der Waals surface area contributed by atoms with E-state index in [0.717, 1.165) is 10.9 Å². The van der Waals surface area contributed by atoms with Crippen molar-refractivity contribution in [2.45, 2.75) is 32.6 Å². The molecule has 0 aromatic carbocycles. The molecule has 12 heavy (non-hydrogen) atoms. The molecular weight excluding hydrogens is 214 g/mol. The second-order valence-electron chi connectivity index (χ2n) is 3.53. The molecule has 1 aromatic heterocycles. The van der Waals surface area contributed by atoms with Gasteiger partial charge in [-0.2, -0.15) is 0 Å². The Morgan fingerprint density at radius 2 is 2.33 bits per heavy atom. The van der Waals surface area contributed by atoms with Crippen molar-refractivity contribution in [2.75, 3.05) is 0 Å². The highest BCUT2D eigenvalue weighted by atomic mass is 79.9. The molecule has 64 valence electrons. The summed E-state index contributed by atoms with van der Waals surface area (Å²) in [7, 11) is 0. The molecule has 1 heterocycles. The van der Waals surface area contributed by atoms with E-state index in [2.05, 4.69) is 34.8 Å². The first kappa shape index (κ1) is 8.24. The van der Waals surface area contributed by atoms with Crippen molar-refractivity contribution in [1.29, 1.82) is 0 Å². The molecule has 0 fully saturated rings. The van der Waals surface area contributed by atoms with Crippen molar-refractivity contribution in [3.63, 3.8) is 0 Å². The third-order valence-electron chi connectivity index (χ3n) is 2.71. The van der Waals surface area contributed by atoms with Crippen LogP contribution in [-0.2, 0) is 6.42 Å². The van der Waals surface area contributed by atoms with E-state index in [-0.39, 0.29) is 0 Å². The number of fused-ring (bicyclic) bond motifs is 1. The van der Waals surface area contributed by atoms with Crippen LogP contribution in [0.25, 0.3) is 0 Å². The van der Waals surface area contributed by atoms with Crippen molar-refractivity contribution in [3.8, 4) is 0 Å². The summed E-state index contributed by atoms with van der Waals surface area (Å²) >= 11 is 3.51. The Kier molecular flexibility index (Phi) is 1.95. The summed E-state index contributed by atoms with van der Waals surface area (Å²) in [5.41, 5.74) is 4.16. The SMILES string of the molecule is Cc1c(Br)cnc2c1C(C)CC2. The van der Waals surface area contributed by atoms with Gasteiger partial charge in [0.05, 0.1) is 0 Å². The van der Waals surface area contributed by atoms with Crippen LogP contribution in [0.15, 0.2) is 10.7 Å². The summed E-state index contributed by atoms with van der Waals surface area (Å²) in [6.45, 7) is 4.46. The second kappa shape index (κ2) is 2.84. The third-order valence-corrected chi connectivity index (χ3v) is 3.51. The molecule has 1 aromatic rings. The highest BCUT2D eigenvalue weighted by Crippen LogP contribution is 2.36. The van der Waals surface area contributed by atoms with Crippen LogP contribution in [-0.4, -0.2) is 4.98 Å². The molecule has 0 aliphatic heterocycles. The number of pyridine rings is 1. The summed E-state index contributed by atoms with van der Waals surface area (Å²) in [5.74, 6) is 0.699. The first-order valence-corrected chi connectivity index (χ1v) is 5.13. The molecule has 1 nitrogen and oxygen atoms in total. The Labute approximate surface area is 81.3 Å². The molecule has 0 radical (unpaired) electrons. The Morgan fingerprint density at radius 1 is 1.58 bits per heavy atom. The highest BCUT2D eigenvalue weighted by molar-refractivity contribution is 9.10. The molecule has 2 rings (SSSR count). The van der Waals surface area contributed by atoms with Gasteiger partial charge in [0, 0.05) is 16.4 Å². The van der Waals surface area contributed by atoms with Gasteiger partial charge in [0.25, 0.3) is 0 Å². The maximum Gasteiger partial charge on any atom is 0.0441 e. The number of hydrogen-bond donors (Lipinski definition) is 0. The second-order valence-corrected chi connectivity index (χ2v) is 4.39. The predicted octanol–water partition coefficient (Wildman–Crippen LogP) is 3.20. The molecule has 0 spiro atoms. The van der Waals surface area contributed by atoms with Gasteiger partial charge in [0.1, 0.15) is 0 Å². The molecule has 0 bridgehead atoms. The van der Waals surface area contributed by atoms with E-state index in [0.29, 0.717) is 5.92 Å². The van der Waals surface area contributed by atoms with E-state index in [4.69, 9.17) is 0 Å². The largest absolute Gasteiger partial charge is 0.260 e.